The highest BCUT2D eigenvalue weighted by Gasteiger charge is 2.43. The van der Waals surface area contributed by atoms with E-state index in [1.807, 2.05) is 0 Å². The number of ether oxygens (including phenoxy) is 1. The van der Waals surface area contributed by atoms with Gasteiger partial charge in [-0.25, -0.2) is 0 Å². The number of aromatic nitrogens is 1. The largest absolute Gasteiger partial charge is 0.461 e. The van der Waals surface area contributed by atoms with Gasteiger partial charge in [0.1, 0.15) is 11.4 Å². The maximum Gasteiger partial charge on any atom is 0.461 e. The number of nitrogens with zero attached hydrogens (tertiary/aromatic N) is 1. The van der Waals surface area contributed by atoms with E-state index in [-0.39, 0.29) is 12.0 Å². The van der Waals surface area contributed by atoms with Crippen LogP contribution in [-0.4, -0.2) is 39.9 Å². The highest BCUT2D eigenvalue weighted by atomic mass is 19.3. The Bertz CT molecular complexity index is 973. The summed E-state index contributed by atoms with van der Waals surface area (Å²) in [4.78, 5) is 28.9. The molecule has 0 aliphatic rings. The minimum atomic E-state index is -4.61. The lowest BCUT2D eigenvalue weighted by atomic mass is 9.98. The standard InChI is InChI=1S/C22H24F4N2O4/c1-12-9-15(10-16(27-12)11-18(29)21(3,4)31)19(30)28-13(2)14-5-7-17(8-6-14)32-22(25,26)20(23)24/h5-10,13,20,31H,11H2,1-4H3,(H,28,30). The molecule has 0 bridgehead atoms. The summed E-state index contributed by atoms with van der Waals surface area (Å²) < 4.78 is 54.5. The van der Waals surface area contributed by atoms with E-state index < -0.39 is 41.6 Å². The van der Waals surface area contributed by atoms with E-state index in [0.29, 0.717) is 17.0 Å². The predicted octanol–water partition coefficient (Wildman–Crippen LogP) is 4.00. The summed E-state index contributed by atoms with van der Waals surface area (Å²) in [6.07, 6.45) is -8.72. The van der Waals surface area contributed by atoms with Crippen LogP contribution < -0.4 is 10.1 Å². The van der Waals surface area contributed by atoms with E-state index in [9.17, 15) is 32.3 Å². The molecule has 0 fully saturated rings. The molecule has 0 saturated carbocycles. The fourth-order valence-electron chi connectivity index (χ4n) is 2.73. The second-order valence-corrected chi connectivity index (χ2v) is 7.88. The van der Waals surface area contributed by atoms with Crippen molar-refractivity contribution in [2.24, 2.45) is 0 Å². The Kier molecular flexibility index (Phi) is 7.61. The van der Waals surface area contributed by atoms with Crippen LogP contribution in [0, 0.1) is 6.92 Å². The minimum absolute atomic E-state index is 0.147. The molecule has 0 radical (unpaired) electrons. The van der Waals surface area contributed by atoms with E-state index in [0.717, 1.165) is 12.1 Å². The van der Waals surface area contributed by atoms with Gasteiger partial charge in [-0.15, -0.1) is 0 Å². The summed E-state index contributed by atoms with van der Waals surface area (Å²) in [7, 11) is 0. The number of benzene rings is 1. The van der Waals surface area contributed by atoms with Crippen LogP contribution in [0.15, 0.2) is 36.4 Å². The van der Waals surface area contributed by atoms with Crippen LogP contribution in [0.25, 0.3) is 0 Å². The van der Waals surface area contributed by atoms with Crippen LogP contribution in [0.3, 0.4) is 0 Å². The van der Waals surface area contributed by atoms with Crippen molar-refractivity contribution >= 4 is 11.7 Å². The molecule has 2 aromatic rings. The molecule has 174 valence electrons. The first-order valence-corrected chi connectivity index (χ1v) is 9.68. The van der Waals surface area contributed by atoms with Crippen molar-refractivity contribution < 1.29 is 37.0 Å². The molecular weight excluding hydrogens is 432 g/mol. The van der Waals surface area contributed by atoms with E-state index in [1.165, 1.54) is 38.1 Å². The summed E-state index contributed by atoms with van der Waals surface area (Å²) in [5, 5.41) is 12.5. The average molecular weight is 456 g/mol. The second kappa shape index (κ2) is 9.64. The fourth-order valence-corrected chi connectivity index (χ4v) is 2.73. The summed E-state index contributed by atoms with van der Waals surface area (Å²) in [6, 6.07) is 7.37. The number of hydrogen-bond donors (Lipinski definition) is 2. The van der Waals surface area contributed by atoms with Crippen LogP contribution in [0.2, 0.25) is 0 Å². The number of nitrogens with one attached hydrogen (secondary N) is 1. The van der Waals surface area contributed by atoms with Crippen molar-refractivity contribution in [2.45, 2.75) is 58.3 Å². The van der Waals surface area contributed by atoms with Gasteiger partial charge >= 0.3 is 12.5 Å². The Labute approximate surface area is 182 Å². The summed E-state index contributed by atoms with van der Waals surface area (Å²) in [6.45, 7) is 6.04. The molecule has 0 aliphatic heterocycles. The number of carbonyl (C=O) groups excluding carboxylic acids is 2. The third-order valence-corrected chi connectivity index (χ3v) is 4.53. The van der Waals surface area contributed by atoms with Crippen molar-refractivity contribution in [1.29, 1.82) is 0 Å². The zero-order chi connectivity index (χ0) is 24.3. The molecule has 10 heteroatoms. The van der Waals surface area contributed by atoms with Crippen molar-refractivity contribution in [3.8, 4) is 5.75 Å². The summed E-state index contributed by atoms with van der Waals surface area (Å²) in [5.41, 5.74) is 0.0766. The molecule has 0 saturated heterocycles. The summed E-state index contributed by atoms with van der Waals surface area (Å²) in [5.74, 6) is -1.36. The first-order valence-electron chi connectivity index (χ1n) is 9.68. The Morgan fingerprint density at radius 2 is 1.75 bits per heavy atom. The van der Waals surface area contributed by atoms with Crippen LogP contribution in [0.1, 0.15) is 54.1 Å². The molecule has 1 aromatic heterocycles. The molecule has 0 aliphatic carbocycles. The molecule has 32 heavy (non-hydrogen) atoms. The number of carbonyl (C=O) groups is 2. The highest BCUT2D eigenvalue weighted by Crippen LogP contribution is 2.28. The number of ketones is 1. The number of rotatable bonds is 9. The van der Waals surface area contributed by atoms with Crippen LogP contribution >= 0.6 is 0 Å². The van der Waals surface area contributed by atoms with Gasteiger partial charge in [0.2, 0.25) is 0 Å². The zero-order valence-corrected chi connectivity index (χ0v) is 18.0. The Hall–Kier alpha value is -3.01. The van der Waals surface area contributed by atoms with Crippen LogP contribution in [0.4, 0.5) is 17.6 Å². The number of alkyl halides is 4. The zero-order valence-electron chi connectivity index (χ0n) is 18.0. The molecule has 6 nitrogen and oxygen atoms in total. The fraction of sp³-hybridized carbons (Fsp3) is 0.409. The highest BCUT2D eigenvalue weighted by molar-refractivity contribution is 5.95. The predicted molar refractivity (Wildman–Crippen MR) is 108 cm³/mol. The van der Waals surface area contributed by atoms with E-state index >= 15 is 0 Å². The van der Waals surface area contributed by atoms with Gasteiger partial charge in [-0.05, 0) is 57.5 Å². The molecule has 1 atom stereocenters. The molecule has 0 spiro atoms. The Balaban J connectivity index is 2.10. The monoisotopic (exact) mass is 456 g/mol. The second-order valence-electron chi connectivity index (χ2n) is 7.88. The number of hydrogen-bond acceptors (Lipinski definition) is 5. The number of pyridine rings is 1. The molecule has 1 aromatic carbocycles. The lowest BCUT2D eigenvalue weighted by molar-refractivity contribution is -0.253. The molecule has 1 heterocycles. The maximum atomic E-state index is 13.0. The molecule has 1 unspecified atom stereocenters. The van der Waals surface area contributed by atoms with Gasteiger partial charge in [-0.3, -0.25) is 14.6 Å². The number of Topliss-reactive ketones (excluding diaryl/α,β-unsaturated/α-hetero) is 1. The Morgan fingerprint density at radius 1 is 1.16 bits per heavy atom. The van der Waals surface area contributed by atoms with Crippen molar-refractivity contribution in [2.75, 3.05) is 0 Å². The molecule has 1 amide bonds. The van der Waals surface area contributed by atoms with Crippen LogP contribution in [0.5, 0.6) is 5.75 Å². The molecule has 2 N–H and O–H groups in total. The lowest BCUT2D eigenvalue weighted by Gasteiger charge is -2.18. The third kappa shape index (κ3) is 6.74. The van der Waals surface area contributed by atoms with Crippen molar-refractivity contribution in [3.05, 3.63) is 58.9 Å². The quantitative estimate of drug-likeness (QED) is 0.557. The number of halogens is 4. The first kappa shape index (κ1) is 25.3. The molecule has 2 rings (SSSR count). The van der Waals surface area contributed by atoms with Gasteiger partial charge in [-0.1, -0.05) is 12.1 Å². The molecular formula is C22H24F4N2O4. The van der Waals surface area contributed by atoms with Gasteiger partial charge < -0.3 is 15.2 Å². The van der Waals surface area contributed by atoms with Crippen molar-refractivity contribution in [1.82, 2.24) is 10.3 Å². The Morgan fingerprint density at radius 3 is 2.28 bits per heavy atom. The number of aliphatic hydroxyl groups is 1. The number of amides is 1. The SMILES string of the molecule is Cc1cc(C(=O)NC(C)c2ccc(OC(F)(F)C(F)F)cc2)cc(CC(=O)C(C)(C)O)n1. The van der Waals surface area contributed by atoms with Gasteiger partial charge in [-0.2, -0.15) is 17.6 Å². The third-order valence-electron chi connectivity index (χ3n) is 4.53. The normalized spacial score (nSPS) is 13.1. The van der Waals surface area contributed by atoms with Gasteiger partial charge in [0, 0.05) is 17.0 Å². The lowest BCUT2D eigenvalue weighted by Crippen LogP contribution is -2.33. The van der Waals surface area contributed by atoms with E-state index in [4.69, 9.17) is 0 Å². The first-order chi connectivity index (χ1) is 14.7. The topological polar surface area (TPSA) is 88.5 Å². The minimum Gasteiger partial charge on any atom is -0.428 e. The average Bonchev–Trinajstić information content (AvgIpc) is 2.66. The smallest absolute Gasteiger partial charge is 0.428 e. The van der Waals surface area contributed by atoms with Gasteiger partial charge in [0.15, 0.2) is 5.78 Å². The van der Waals surface area contributed by atoms with Crippen molar-refractivity contribution in [3.63, 3.8) is 0 Å². The van der Waals surface area contributed by atoms with Crippen LogP contribution in [-0.2, 0) is 11.2 Å². The maximum absolute atomic E-state index is 13.0. The summed E-state index contributed by atoms with van der Waals surface area (Å²) >= 11 is 0. The van der Waals surface area contributed by atoms with Gasteiger partial charge in [0.05, 0.1) is 12.5 Å². The van der Waals surface area contributed by atoms with Gasteiger partial charge in [0.25, 0.3) is 5.91 Å². The number of aryl methyl sites for hydroxylation is 1. The van der Waals surface area contributed by atoms with E-state index in [2.05, 4.69) is 15.0 Å². The van der Waals surface area contributed by atoms with E-state index in [1.54, 1.807) is 13.8 Å².